The van der Waals surface area contributed by atoms with E-state index in [1.54, 1.807) is 0 Å². The van der Waals surface area contributed by atoms with Crippen LogP contribution in [-0.2, 0) is 9.47 Å². The highest BCUT2D eigenvalue weighted by molar-refractivity contribution is 5.08. The van der Waals surface area contributed by atoms with Gasteiger partial charge in [-0.1, -0.05) is 0 Å². The van der Waals surface area contributed by atoms with E-state index in [2.05, 4.69) is 0 Å². The molecule has 0 fully saturated rings. The van der Waals surface area contributed by atoms with Crippen LogP contribution in [0.5, 0.6) is 0 Å². The molecule has 1 rings (SSSR count). The van der Waals surface area contributed by atoms with Crippen LogP contribution in [0.3, 0.4) is 0 Å². The lowest BCUT2D eigenvalue weighted by Gasteiger charge is -2.14. The lowest BCUT2D eigenvalue weighted by molar-refractivity contribution is -0.130. The van der Waals surface area contributed by atoms with Gasteiger partial charge in [-0.3, -0.25) is 0 Å². The standard InChI is InChI=1S/C7H12O5/c1-11-6-2-5(4(9)3-8)12-7(6)10/h2,4-5,7-10H,3H2,1H3. The SMILES string of the molecule is COC1=CC(C(O)CO)OC1O. The highest BCUT2D eigenvalue weighted by Gasteiger charge is 2.30. The minimum absolute atomic E-state index is 0.257. The van der Waals surface area contributed by atoms with Crippen molar-refractivity contribution in [2.45, 2.75) is 18.5 Å². The quantitative estimate of drug-likeness (QED) is 0.492. The predicted molar refractivity (Wildman–Crippen MR) is 39.1 cm³/mol. The van der Waals surface area contributed by atoms with E-state index in [0.29, 0.717) is 0 Å². The number of aliphatic hydroxyl groups is 3. The molecule has 0 spiro atoms. The molecular formula is C7H12O5. The Hall–Kier alpha value is -0.620. The monoisotopic (exact) mass is 176 g/mol. The molecule has 0 radical (unpaired) electrons. The Balaban J connectivity index is 2.57. The Morgan fingerprint density at radius 2 is 2.42 bits per heavy atom. The average molecular weight is 176 g/mol. The van der Waals surface area contributed by atoms with Crippen LogP contribution in [0.1, 0.15) is 0 Å². The topological polar surface area (TPSA) is 79.2 Å². The van der Waals surface area contributed by atoms with Crippen LogP contribution in [0.25, 0.3) is 0 Å². The summed E-state index contributed by atoms with van der Waals surface area (Å²) >= 11 is 0. The normalized spacial score (nSPS) is 31.5. The summed E-state index contributed by atoms with van der Waals surface area (Å²) in [6, 6.07) is 0. The Labute approximate surface area is 69.8 Å². The van der Waals surface area contributed by atoms with Crippen molar-refractivity contribution in [1.29, 1.82) is 0 Å². The summed E-state index contributed by atoms with van der Waals surface area (Å²) in [7, 11) is 1.39. The van der Waals surface area contributed by atoms with Crippen LogP contribution in [0.2, 0.25) is 0 Å². The van der Waals surface area contributed by atoms with E-state index in [0.717, 1.165) is 0 Å². The number of hydrogen-bond acceptors (Lipinski definition) is 5. The van der Waals surface area contributed by atoms with Crippen molar-refractivity contribution in [3.63, 3.8) is 0 Å². The molecule has 0 aromatic rings. The maximum absolute atomic E-state index is 9.10. The molecule has 12 heavy (non-hydrogen) atoms. The molecule has 0 aliphatic carbocycles. The fourth-order valence-corrected chi connectivity index (χ4v) is 0.974. The van der Waals surface area contributed by atoms with Crippen LogP contribution in [0, 0.1) is 0 Å². The summed E-state index contributed by atoms with van der Waals surface area (Å²) in [6.07, 6.45) is -1.42. The van der Waals surface area contributed by atoms with Gasteiger partial charge in [0.05, 0.1) is 13.7 Å². The summed E-state index contributed by atoms with van der Waals surface area (Å²) in [5, 5.41) is 26.8. The first-order valence-electron chi connectivity index (χ1n) is 3.57. The fourth-order valence-electron chi connectivity index (χ4n) is 0.974. The van der Waals surface area contributed by atoms with Crippen LogP contribution >= 0.6 is 0 Å². The zero-order valence-electron chi connectivity index (χ0n) is 6.67. The zero-order chi connectivity index (χ0) is 9.14. The number of hydrogen-bond donors (Lipinski definition) is 3. The summed E-state index contributed by atoms with van der Waals surface area (Å²) in [5.74, 6) is 0.257. The number of aliphatic hydroxyl groups excluding tert-OH is 3. The molecule has 0 amide bonds. The minimum Gasteiger partial charge on any atom is -0.496 e. The average Bonchev–Trinajstić information content (AvgIpc) is 2.45. The van der Waals surface area contributed by atoms with Gasteiger partial charge in [-0.15, -0.1) is 0 Å². The molecule has 3 unspecified atom stereocenters. The first-order valence-corrected chi connectivity index (χ1v) is 3.57. The Bertz CT molecular complexity index is 179. The molecule has 70 valence electrons. The second-order valence-electron chi connectivity index (χ2n) is 2.48. The van der Waals surface area contributed by atoms with E-state index in [1.807, 2.05) is 0 Å². The van der Waals surface area contributed by atoms with Crippen molar-refractivity contribution in [1.82, 2.24) is 0 Å². The highest BCUT2D eigenvalue weighted by atomic mass is 16.6. The lowest BCUT2D eigenvalue weighted by atomic mass is 10.2. The smallest absolute Gasteiger partial charge is 0.214 e. The van der Waals surface area contributed by atoms with E-state index >= 15 is 0 Å². The van der Waals surface area contributed by atoms with Gasteiger partial charge < -0.3 is 24.8 Å². The van der Waals surface area contributed by atoms with E-state index in [-0.39, 0.29) is 5.76 Å². The van der Waals surface area contributed by atoms with Gasteiger partial charge in [0.15, 0.2) is 5.76 Å². The Kier molecular flexibility index (Phi) is 3.05. The third-order valence-corrected chi connectivity index (χ3v) is 1.66. The van der Waals surface area contributed by atoms with Crippen molar-refractivity contribution in [3.8, 4) is 0 Å². The molecule has 0 bridgehead atoms. The summed E-state index contributed by atoms with van der Waals surface area (Å²) in [5.41, 5.74) is 0. The first-order chi connectivity index (χ1) is 5.69. The summed E-state index contributed by atoms with van der Waals surface area (Å²) in [4.78, 5) is 0. The molecule has 0 saturated carbocycles. The number of methoxy groups -OCH3 is 1. The third kappa shape index (κ3) is 1.75. The van der Waals surface area contributed by atoms with Crippen LogP contribution in [0.15, 0.2) is 11.8 Å². The maximum atomic E-state index is 9.10. The predicted octanol–water partition coefficient (Wildman–Crippen LogP) is -1.41. The van der Waals surface area contributed by atoms with Crippen molar-refractivity contribution in [3.05, 3.63) is 11.8 Å². The van der Waals surface area contributed by atoms with Gasteiger partial charge in [0.2, 0.25) is 6.29 Å². The van der Waals surface area contributed by atoms with E-state index in [4.69, 9.17) is 24.8 Å². The van der Waals surface area contributed by atoms with Crippen LogP contribution in [0.4, 0.5) is 0 Å². The van der Waals surface area contributed by atoms with Crippen molar-refractivity contribution in [2.24, 2.45) is 0 Å². The molecule has 0 aromatic carbocycles. The molecule has 3 atom stereocenters. The van der Waals surface area contributed by atoms with Crippen LogP contribution in [-0.4, -0.2) is 47.5 Å². The molecule has 0 saturated heterocycles. The summed E-state index contributed by atoms with van der Waals surface area (Å²) < 4.78 is 9.59. The molecule has 3 N–H and O–H groups in total. The van der Waals surface area contributed by atoms with Crippen molar-refractivity contribution >= 4 is 0 Å². The molecule has 0 aromatic heterocycles. The lowest BCUT2D eigenvalue weighted by Crippen LogP contribution is -2.29. The molecule has 5 nitrogen and oxygen atoms in total. The minimum atomic E-state index is -1.14. The van der Waals surface area contributed by atoms with Gasteiger partial charge >= 0.3 is 0 Å². The van der Waals surface area contributed by atoms with E-state index in [1.165, 1.54) is 13.2 Å². The van der Waals surface area contributed by atoms with Crippen LogP contribution < -0.4 is 0 Å². The van der Waals surface area contributed by atoms with Gasteiger partial charge in [0.1, 0.15) is 12.2 Å². The number of ether oxygens (including phenoxy) is 2. The highest BCUT2D eigenvalue weighted by Crippen LogP contribution is 2.20. The van der Waals surface area contributed by atoms with Gasteiger partial charge in [-0.25, -0.2) is 0 Å². The Morgan fingerprint density at radius 3 is 2.83 bits per heavy atom. The summed E-state index contributed by atoms with van der Waals surface area (Å²) in [6.45, 7) is -0.412. The second kappa shape index (κ2) is 3.86. The number of rotatable bonds is 3. The van der Waals surface area contributed by atoms with E-state index in [9.17, 15) is 0 Å². The maximum Gasteiger partial charge on any atom is 0.214 e. The van der Waals surface area contributed by atoms with Gasteiger partial charge in [-0.2, -0.15) is 0 Å². The van der Waals surface area contributed by atoms with Gasteiger partial charge in [0.25, 0.3) is 0 Å². The first kappa shape index (κ1) is 9.47. The van der Waals surface area contributed by atoms with Gasteiger partial charge in [0, 0.05) is 0 Å². The largest absolute Gasteiger partial charge is 0.496 e. The third-order valence-electron chi connectivity index (χ3n) is 1.66. The van der Waals surface area contributed by atoms with E-state index < -0.39 is 25.1 Å². The molecule has 1 heterocycles. The molecular weight excluding hydrogens is 164 g/mol. The van der Waals surface area contributed by atoms with Crippen molar-refractivity contribution < 1.29 is 24.8 Å². The molecule has 1 aliphatic rings. The fraction of sp³-hybridized carbons (Fsp3) is 0.714. The second-order valence-corrected chi connectivity index (χ2v) is 2.48. The molecule has 5 heteroatoms. The zero-order valence-corrected chi connectivity index (χ0v) is 6.67. The van der Waals surface area contributed by atoms with Gasteiger partial charge in [-0.05, 0) is 6.08 Å². The molecule has 1 aliphatic heterocycles. The van der Waals surface area contributed by atoms with Crippen molar-refractivity contribution in [2.75, 3.05) is 13.7 Å². The Morgan fingerprint density at radius 1 is 1.75 bits per heavy atom.